The van der Waals surface area contributed by atoms with Gasteiger partial charge in [0.2, 0.25) is 5.91 Å². The predicted molar refractivity (Wildman–Crippen MR) is 86.4 cm³/mol. The van der Waals surface area contributed by atoms with E-state index in [4.69, 9.17) is 16.3 Å². The van der Waals surface area contributed by atoms with Crippen molar-refractivity contribution in [3.05, 3.63) is 36.2 Å². The Bertz CT molecular complexity index is 686. The number of amides is 1. The number of hydrogen-bond acceptors (Lipinski definition) is 3. The number of benzene rings is 1. The van der Waals surface area contributed by atoms with Gasteiger partial charge in [0.1, 0.15) is 10.6 Å². The number of rotatable bonds is 5. The first kappa shape index (κ1) is 16.5. The van der Waals surface area contributed by atoms with Crippen molar-refractivity contribution >= 4 is 28.3 Å². The molecule has 0 bridgehead atoms. The molecule has 1 aliphatic rings. The van der Waals surface area contributed by atoms with Gasteiger partial charge in [0.25, 0.3) is 0 Å². The number of hydrogen-bond donors (Lipinski definition) is 1. The van der Waals surface area contributed by atoms with Gasteiger partial charge < -0.3 is 15.5 Å². The minimum absolute atomic E-state index is 0. The van der Waals surface area contributed by atoms with Crippen molar-refractivity contribution in [2.24, 2.45) is 0 Å². The van der Waals surface area contributed by atoms with E-state index in [0.29, 0.717) is 6.54 Å². The molecule has 0 atom stereocenters. The van der Waals surface area contributed by atoms with Crippen molar-refractivity contribution < 1.29 is 15.0 Å². The summed E-state index contributed by atoms with van der Waals surface area (Å²) in [5.41, 5.74) is 1.09. The lowest BCUT2D eigenvalue weighted by atomic mass is 10.1. The lowest BCUT2D eigenvalue weighted by Crippen LogP contribution is -2.34. The quantitative estimate of drug-likeness (QED) is 0.853. The van der Waals surface area contributed by atoms with Crippen LogP contribution in [-0.2, 0) is 11.2 Å². The van der Waals surface area contributed by atoms with E-state index in [1.54, 1.807) is 7.11 Å². The van der Waals surface area contributed by atoms with E-state index in [0.717, 1.165) is 41.3 Å². The van der Waals surface area contributed by atoms with Crippen LogP contribution in [-0.4, -0.2) is 34.9 Å². The molecule has 1 aromatic heterocycles. The number of halogens is 1. The molecule has 0 spiro atoms. The van der Waals surface area contributed by atoms with Crippen LogP contribution in [0, 0.1) is 0 Å². The van der Waals surface area contributed by atoms with Crippen molar-refractivity contribution in [3.8, 4) is 5.75 Å². The van der Waals surface area contributed by atoms with E-state index in [-0.39, 0.29) is 11.4 Å². The number of pyridine rings is 1. The number of nitrogens with zero attached hydrogens (tertiary/aromatic N) is 1. The maximum absolute atomic E-state index is 11.8. The molecule has 1 aromatic carbocycles. The lowest BCUT2D eigenvalue weighted by molar-refractivity contribution is -0.121. The Hall–Kier alpha value is -1.85. The summed E-state index contributed by atoms with van der Waals surface area (Å²) in [6, 6.07) is 5.90. The van der Waals surface area contributed by atoms with Crippen molar-refractivity contribution in [2.75, 3.05) is 13.7 Å². The molecule has 22 heavy (non-hydrogen) atoms. The molecule has 1 aliphatic carbocycles. The fourth-order valence-electron chi connectivity index (χ4n) is 2.34. The van der Waals surface area contributed by atoms with Crippen LogP contribution in [0.25, 0.3) is 10.8 Å². The Morgan fingerprint density at radius 1 is 1.41 bits per heavy atom. The van der Waals surface area contributed by atoms with Gasteiger partial charge in [-0.1, -0.05) is 0 Å². The highest BCUT2D eigenvalue weighted by Crippen LogP contribution is 2.42. The van der Waals surface area contributed by atoms with Gasteiger partial charge in [-0.25, -0.2) is 0 Å². The van der Waals surface area contributed by atoms with Crippen molar-refractivity contribution in [1.82, 2.24) is 10.3 Å². The average molecular weight is 323 g/mol. The van der Waals surface area contributed by atoms with E-state index < -0.39 is 4.87 Å². The third-order valence-electron chi connectivity index (χ3n) is 3.83. The molecule has 1 heterocycles. The number of methoxy groups -OCH3 is 1. The summed E-state index contributed by atoms with van der Waals surface area (Å²) >= 11 is 6.07. The van der Waals surface area contributed by atoms with Gasteiger partial charge in [0, 0.05) is 24.3 Å². The minimum atomic E-state index is -0.639. The second-order valence-electron chi connectivity index (χ2n) is 5.36. The van der Waals surface area contributed by atoms with Gasteiger partial charge in [0.15, 0.2) is 0 Å². The van der Waals surface area contributed by atoms with Crippen LogP contribution in [0.4, 0.5) is 0 Å². The van der Waals surface area contributed by atoms with Gasteiger partial charge in [0.05, 0.1) is 7.11 Å². The van der Waals surface area contributed by atoms with Crippen LogP contribution in [0.5, 0.6) is 5.75 Å². The lowest BCUT2D eigenvalue weighted by Gasteiger charge is -2.10. The van der Waals surface area contributed by atoms with Gasteiger partial charge in [-0.15, -0.1) is 11.6 Å². The smallest absolute Gasteiger partial charge is 0.241 e. The molecule has 1 amide bonds. The third kappa shape index (κ3) is 3.31. The van der Waals surface area contributed by atoms with Gasteiger partial charge in [-0.3, -0.25) is 9.78 Å². The first-order chi connectivity index (χ1) is 10.1. The normalized spacial score (nSPS) is 15.0. The average Bonchev–Trinajstić information content (AvgIpc) is 3.26. The zero-order valence-corrected chi connectivity index (χ0v) is 13.1. The second kappa shape index (κ2) is 6.50. The standard InChI is InChI=1S/C16H17ClN2O2.H2O/c1-21-13-3-2-11-9-18-10-12(14(11)8-13)4-7-19-15(20)16(17)5-6-16;/h2-3,8-10H,4-7H2,1H3,(H,19,20);1H2. The first-order valence-electron chi connectivity index (χ1n) is 7.00. The first-order valence-corrected chi connectivity index (χ1v) is 7.38. The molecule has 0 unspecified atom stereocenters. The summed E-state index contributed by atoms with van der Waals surface area (Å²) < 4.78 is 5.27. The molecule has 2 aromatic rings. The molecule has 0 radical (unpaired) electrons. The number of aromatic nitrogens is 1. The zero-order chi connectivity index (χ0) is 14.9. The topological polar surface area (TPSA) is 82.7 Å². The molecule has 1 fully saturated rings. The Balaban J connectivity index is 0.00000176. The van der Waals surface area contributed by atoms with E-state index in [9.17, 15) is 4.79 Å². The fourth-order valence-corrected chi connectivity index (χ4v) is 2.50. The largest absolute Gasteiger partial charge is 0.497 e. The van der Waals surface area contributed by atoms with E-state index in [2.05, 4.69) is 10.3 Å². The molecule has 6 heteroatoms. The number of carbonyl (C=O) groups excluding carboxylic acids is 1. The van der Waals surface area contributed by atoms with E-state index in [1.165, 1.54) is 0 Å². The van der Waals surface area contributed by atoms with Gasteiger partial charge in [-0.05, 0) is 48.4 Å². The highest BCUT2D eigenvalue weighted by Gasteiger charge is 2.47. The number of nitrogens with one attached hydrogen (secondary N) is 1. The van der Waals surface area contributed by atoms with Crippen LogP contribution >= 0.6 is 11.6 Å². The van der Waals surface area contributed by atoms with Crippen LogP contribution in [0.2, 0.25) is 0 Å². The number of alkyl halides is 1. The third-order valence-corrected chi connectivity index (χ3v) is 4.38. The molecule has 118 valence electrons. The Kier molecular flexibility index (Phi) is 4.88. The summed E-state index contributed by atoms with van der Waals surface area (Å²) in [5.74, 6) is 0.756. The van der Waals surface area contributed by atoms with Crippen molar-refractivity contribution in [1.29, 1.82) is 0 Å². The Labute approximate surface area is 133 Å². The van der Waals surface area contributed by atoms with Crippen molar-refractivity contribution in [3.63, 3.8) is 0 Å². The summed E-state index contributed by atoms with van der Waals surface area (Å²) in [5, 5.41) is 5.06. The predicted octanol–water partition coefficient (Wildman–Crippen LogP) is 1.85. The maximum atomic E-state index is 11.8. The summed E-state index contributed by atoms with van der Waals surface area (Å²) in [4.78, 5) is 15.4. The van der Waals surface area contributed by atoms with Crippen LogP contribution in [0.3, 0.4) is 0 Å². The fraction of sp³-hybridized carbons (Fsp3) is 0.375. The monoisotopic (exact) mass is 322 g/mol. The van der Waals surface area contributed by atoms with Crippen molar-refractivity contribution in [2.45, 2.75) is 24.1 Å². The molecular weight excluding hydrogens is 304 g/mol. The maximum Gasteiger partial charge on any atom is 0.241 e. The Morgan fingerprint density at radius 3 is 2.86 bits per heavy atom. The molecule has 1 saturated carbocycles. The molecule has 3 N–H and O–H groups in total. The zero-order valence-electron chi connectivity index (χ0n) is 12.4. The van der Waals surface area contributed by atoms with E-state index >= 15 is 0 Å². The van der Waals surface area contributed by atoms with Crippen LogP contribution < -0.4 is 10.1 Å². The summed E-state index contributed by atoms with van der Waals surface area (Å²) in [7, 11) is 1.65. The second-order valence-corrected chi connectivity index (χ2v) is 6.08. The number of carbonyl (C=O) groups is 1. The minimum Gasteiger partial charge on any atom is -0.497 e. The molecule has 5 nitrogen and oxygen atoms in total. The number of fused-ring (bicyclic) bond motifs is 1. The van der Waals surface area contributed by atoms with E-state index in [1.807, 2.05) is 30.6 Å². The van der Waals surface area contributed by atoms with Gasteiger partial charge >= 0.3 is 0 Å². The Morgan fingerprint density at radius 2 is 2.18 bits per heavy atom. The van der Waals surface area contributed by atoms with Gasteiger partial charge in [-0.2, -0.15) is 0 Å². The van der Waals surface area contributed by atoms with Crippen LogP contribution in [0.15, 0.2) is 30.6 Å². The van der Waals surface area contributed by atoms with Crippen LogP contribution in [0.1, 0.15) is 18.4 Å². The highest BCUT2D eigenvalue weighted by atomic mass is 35.5. The summed E-state index contributed by atoms with van der Waals surface area (Å²) in [6.07, 6.45) is 5.92. The summed E-state index contributed by atoms with van der Waals surface area (Å²) in [6.45, 7) is 0.561. The molecular formula is C16H19ClN2O3. The SMILES string of the molecule is COc1ccc2cncc(CCNC(=O)C3(Cl)CC3)c2c1.O. The number of ether oxygens (including phenoxy) is 1. The molecule has 3 rings (SSSR count). The molecule has 0 aliphatic heterocycles. The molecule has 0 saturated heterocycles. The highest BCUT2D eigenvalue weighted by molar-refractivity contribution is 6.37.